The van der Waals surface area contributed by atoms with Crippen LogP contribution < -0.4 is 4.74 Å². The van der Waals surface area contributed by atoms with Crippen molar-refractivity contribution in [2.24, 2.45) is 0 Å². The number of methoxy groups -OCH3 is 2. The Morgan fingerprint density at radius 3 is 2.59 bits per heavy atom. The number of aliphatic hydroxyl groups excluding tert-OH is 1. The summed E-state index contributed by atoms with van der Waals surface area (Å²) in [6.45, 7) is 0.738. The van der Waals surface area contributed by atoms with E-state index in [0.717, 1.165) is 0 Å². The van der Waals surface area contributed by atoms with Crippen LogP contribution in [-0.4, -0.2) is 54.1 Å². The summed E-state index contributed by atoms with van der Waals surface area (Å²) in [5.74, 6) is -1.32. The molecule has 2 aromatic rings. The van der Waals surface area contributed by atoms with Gasteiger partial charge >= 0.3 is 0 Å². The van der Waals surface area contributed by atoms with Crippen LogP contribution in [0, 0.1) is 0 Å². The van der Waals surface area contributed by atoms with Crippen LogP contribution in [0.15, 0.2) is 48.3 Å². The monoisotopic (exact) mass is 416 g/mol. The molecule has 1 aliphatic heterocycles. The fraction of sp³-hybridized carbons (Fsp3) is 0.286. The number of hydrogen-bond donors (Lipinski definition) is 1. The number of carbonyl (C=O) groups excluding carboxylic acids is 2. The van der Waals surface area contributed by atoms with Gasteiger partial charge in [0, 0.05) is 38.2 Å². The fourth-order valence-electron chi connectivity index (χ4n) is 3.34. The molecule has 0 spiro atoms. The van der Waals surface area contributed by atoms with Gasteiger partial charge in [0.05, 0.1) is 23.7 Å². The van der Waals surface area contributed by atoms with Crippen LogP contribution in [0.5, 0.6) is 5.75 Å². The standard InChI is InChI=1S/C21H21ClN2O5/c1-28-11-3-10-24-18(13-6-8-23-9-7-13)17(20(26)21(24)27)19(25)15-12-14(29-2)4-5-16(15)22/h4-9,12,18,25H,3,10-11H2,1-2H3/b19-17+. The van der Waals surface area contributed by atoms with E-state index in [4.69, 9.17) is 21.1 Å². The summed E-state index contributed by atoms with van der Waals surface area (Å²) < 4.78 is 10.3. The van der Waals surface area contributed by atoms with Crippen molar-refractivity contribution in [1.29, 1.82) is 0 Å². The number of nitrogens with zero attached hydrogens (tertiary/aromatic N) is 2. The first-order valence-electron chi connectivity index (χ1n) is 9.00. The third kappa shape index (κ3) is 4.11. The highest BCUT2D eigenvalue weighted by atomic mass is 35.5. The summed E-state index contributed by atoms with van der Waals surface area (Å²) in [6, 6.07) is 7.39. The highest BCUT2D eigenvalue weighted by molar-refractivity contribution is 6.47. The molecule has 0 aliphatic carbocycles. The Morgan fingerprint density at radius 1 is 1.21 bits per heavy atom. The average Bonchev–Trinajstić information content (AvgIpc) is 2.99. The fourth-order valence-corrected chi connectivity index (χ4v) is 3.55. The molecule has 3 rings (SSSR count). The van der Waals surface area contributed by atoms with Crippen LogP contribution >= 0.6 is 11.6 Å². The summed E-state index contributed by atoms with van der Waals surface area (Å²) in [4.78, 5) is 31.1. The van der Waals surface area contributed by atoms with Crippen molar-refractivity contribution in [3.05, 3.63) is 64.4 Å². The van der Waals surface area contributed by atoms with Crippen molar-refractivity contribution >= 4 is 29.1 Å². The Hall–Kier alpha value is -2.90. The van der Waals surface area contributed by atoms with Crippen molar-refractivity contribution in [2.45, 2.75) is 12.5 Å². The molecule has 1 aromatic heterocycles. The SMILES string of the molecule is COCCCN1C(=O)C(=O)/C(=C(/O)c2cc(OC)ccc2Cl)C1c1ccncc1. The molecule has 8 heteroatoms. The van der Waals surface area contributed by atoms with Gasteiger partial charge in [0.25, 0.3) is 11.7 Å². The summed E-state index contributed by atoms with van der Waals surface area (Å²) >= 11 is 6.26. The lowest BCUT2D eigenvalue weighted by Crippen LogP contribution is -2.31. The van der Waals surface area contributed by atoms with E-state index >= 15 is 0 Å². The second-order valence-electron chi connectivity index (χ2n) is 6.47. The number of ketones is 1. The van der Waals surface area contributed by atoms with Gasteiger partial charge in [-0.2, -0.15) is 0 Å². The summed E-state index contributed by atoms with van der Waals surface area (Å²) in [5.41, 5.74) is 0.867. The largest absolute Gasteiger partial charge is 0.507 e. The second-order valence-corrected chi connectivity index (χ2v) is 6.87. The molecule has 29 heavy (non-hydrogen) atoms. The number of carbonyl (C=O) groups is 2. The minimum Gasteiger partial charge on any atom is -0.507 e. The van der Waals surface area contributed by atoms with Crippen LogP contribution in [0.1, 0.15) is 23.6 Å². The summed E-state index contributed by atoms with van der Waals surface area (Å²) in [7, 11) is 3.05. The Kier molecular flexibility index (Phi) is 6.51. The summed E-state index contributed by atoms with van der Waals surface area (Å²) in [6.07, 6.45) is 3.69. The van der Waals surface area contributed by atoms with Gasteiger partial charge in [-0.15, -0.1) is 0 Å². The number of amides is 1. The predicted octanol–water partition coefficient (Wildman–Crippen LogP) is 3.20. The molecule has 2 heterocycles. The molecule has 1 atom stereocenters. The van der Waals surface area contributed by atoms with E-state index < -0.39 is 17.7 Å². The van der Waals surface area contributed by atoms with E-state index in [1.54, 1.807) is 43.8 Å². The first-order valence-corrected chi connectivity index (χ1v) is 9.38. The maximum absolute atomic E-state index is 12.9. The Morgan fingerprint density at radius 2 is 1.93 bits per heavy atom. The van der Waals surface area contributed by atoms with Gasteiger partial charge in [0.1, 0.15) is 11.5 Å². The van der Waals surface area contributed by atoms with E-state index in [9.17, 15) is 14.7 Å². The number of aliphatic hydroxyl groups is 1. The zero-order valence-corrected chi connectivity index (χ0v) is 16.8. The summed E-state index contributed by atoms with van der Waals surface area (Å²) in [5, 5.41) is 11.3. The average molecular weight is 417 g/mol. The number of pyridine rings is 1. The molecule has 1 N–H and O–H groups in total. The minimum atomic E-state index is -0.763. The van der Waals surface area contributed by atoms with Crippen LogP contribution in [0.25, 0.3) is 5.76 Å². The number of benzene rings is 1. The maximum Gasteiger partial charge on any atom is 0.295 e. The van der Waals surface area contributed by atoms with Gasteiger partial charge in [-0.25, -0.2) is 0 Å². The van der Waals surface area contributed by atoms with Crippen molar-refractivity contribution in [3.8, 4) is 5.75 Å². The van der Waals surface area contributed by atoms with Gasteiger partial charge in [-0.05, 0) is 42.3 Å². The molecule has 152 valence electrons. The molecule has 1 aromatic carbocycles. The molecule has 0 saturated carbocycles. The van der Waals surface area contributed by atoms with Crippen molar-refractivity contribution in [3.63, 3.8) is 0 Å². The molecule has 0 radical (unpaired) electrons. The van der Waals surface area contributed by atoms with Crippen molar-refractivity contribution < 1.29 is 24.2 Å². The van der Waals surface area contributed by atoms with Crippen molar-refractivity contribution in [2.75, 3.05) is 27.4 Å². The normalized spacial score (nSPS) is 18.3. The zero-order valence-electron chi connectivity index (χ0n) is 16.1. The number of hydrogen-bond acceptors (Lipinski definition) is 6. The Balaban J connectivity index is 2.15. The molecule has 1 fully saturated rings. The molecular formula is C21H21ClN2O5. The van der Waals surface area contributed by atoms with Crippen LogP contribution in [0.3, 0.4) is 0 Å². The number of halogens is 1. The number of aromatic nitrogens is 1. The lowest BCUT2D eigenvalue weighted by atomic mass is 9.96. The van der Waals surface area contributed by atoms with Gasteiger partial charge in [0.15, 0.2) is 0 Å². The van der Waals surface area contributed by atoms with E-state index in [-0.39, 0.29) is 21.9 Å². The third-order valence-corrected chi connectivity index (χ3v) is 5.07. The quantitative estimate of drug-likeness (QED) is 0.322. The smallest absolute Gasteiger partial charge is 0.295 e. The topological polar surface area (TPSA) is 89.0 Å². The predicted molar refractivity (Wildman–Crippen MR) is 108 cm³/mol. The number of rotatable bonds is 7. The van der Waals surface area contributed by atoms with Gasteiger partial charge in [-0.3, -0.25) is 14.6 Å². The zero-order chi connectivity index (χ0) is 21.0. The Bertz CT molecular complexity index is 945. The van der Waals surface area contributed by atoms with Gasteiger partial charge in [0.2, 0.25) is 0 Å². The molecule has 7 nitrogen and oxygen atoms in total. The van der Waals surface area contributed by atoms with Gasteiger partial charge in [-0.1, -0.05) is 11.6 Å². The van der Waals surface area contributed by atoms with Crippen LogP contribution in [0.4, 0.5) is 0 Å². The lowest BCUT2D eigenvalue weighted by molar-refractivity contribution is -0.140. The highest BCUT2D eigenvalue weighted by Crippen LogP contribution is 2.40. The lowest BCUT2D eigenvalue weighted by Gasteiger charge is -2.25. The molecule has 0 bridgehead atoms. The van der Waals surface area contributed by atoms with E-state index in [1.165, 1.54) is 18.1 Å². The van der Waals surface area contributed by atoms with Crippen molar-refractivity contribution in [1.82, 2.24) is 9.88 Å². The third-order valence-electron chi connectivity index (χ3n) is 4.74. The molecule has 1 unspecified atom stereocenters. The van der Waals surface area contributed by atoms with Gasteiger partial charge < -0.3 is 19.5 Å². The highest BCUT2D eigenvalue weighted by Gasteiger charge is 2.46. The number of ether oxygens (including phenoxy) is 2. The van der Waals surface area contributed by atoms with Crippen LogP contribution in [0.2, 0.25) is 5.02 Å². The number of Topliss-reactive ketones (excluding diaryl/α,β-unsaturated/α-hetero) is 1. The first-order chi connectivity index (χ1) is 14.0. The second kappa shape index (κ2) is 9.07. The molecule has 1 amide bonds. The van der Waals surface area contributed by atoms with E-state index in [2.05, 4.69) is 4.98 Å². The Labute approximate surface area is 173 Å². The van der Waals surface area contributed by atoms with E-state index in [0.29, 0.717) is 30.9 Å². The molecular weight excluding hydrogens is 396 g/mol. The van der Waals surface area contributed by atoms with E-state index in [1.807, 2.05) is 0 Å². The first kappa shape index (κ1) is 20.8. The minimum absolute atomic E-state index is 0.0197. The number of likely N-dealkylation sites (tertiary alicyclic amines) is 1. The molecule has 1 saturated heterocycles. The van der Waals surface area contributed by atoms with Crippen LogP contribution in [-0.2, 0) is 14.3 Å². The molecule has 1 aliphatic rings. The maximum atomic E-state index is 12.9.